The number of nitrogens with zero attached hydrogens (tertiary/aromatic N) is 5. The van der Waals surface area contributed by atoms with E-state index in [1.807, 2.05) is 36.4 Å². The van der Waals surface area contributed by atoms with E-state index in [2.05, 4.69) is 197 Å². The molecule has 0 atom stereocenters. The molecule has 5 aromatic heterocycles. The number of rotatable bonds is 6. The lowest BCUT2D eigenvalue weighted by atomic mass is 9.99. The van der Waals surface area contributed by atoms with Gasteiger partial charge in [0.05, 0.1) is 22.1 Å². The van der Waals surface area contributed by atoms with Crippen LogP contribution < -0.4 is 0 Å². The Morgan fingerprint density at radius 3 is 1.43 bits per heavy atom. The fourth-order valence-corrected chi connectivity index (χ4v) is 10.8. The zero-order valence-corrected chi connectivity index (χ0v) is 37.4. The number of hydrogen-bond donors (Lipinski definition) is 0. The van der Waals surface area contributed by atoms with E-state index in [0.717, 1.165) is 94.1 Å². The largest absolute Gasteiger partial charge is 0.456 e. The Kier molecular flexibility index (Phi) is 8.23. The lowest BCUT2D eigenvalue weighted by molar-refractivity contribution is 0.668. The van der Waals surface area contributed by atoms with E-state index in [4.69, 9.17) is 23.8 Å². The lowest BCUT2D eigenvalue weighted by Gasteiger charge is -2.12. The Morgan fingerprint density at radius 1 is 0.271 bits per heavy atom. The Bertz CT molecular complexity index is 4600. The Morgan fingerprint density at radius 2 is 0.743 bits per heavy atom. The minimum absolute atomic E-state index is 0.537. The molecule has 5 heterocycles. The number of furan rings is 2. The van der Waals surface area contributed by atoms with Crippen LogP contribution in [-0.2, 0) is 0 Å². The first-order valence-corrected chi connectivity index (χ1v) is 23.5. The molecular formula is C63H37N5O2. The molecule has 0 spiro atoms. The molecule has 0 amide bonds. The summed E-state index contributed by atoms with van der Waals surface area (Å²) in [4.78, 5) is 15.7. The molecule has 0 N–H and O–H groups in total. The Labute approximate surface area is 399 Å². The van der Waals surface area contributed by atoms with Crippen molar-refractivity contribution in [2.75, 3.05) is 0 Å². The zero-order valence-electron chi connectivity index (χ0n) is 37.4. The summed E-state index contributed by atoms with van der Waals surface area (Å²) in [5, 5.41) is 8.98. The van der Waals surface area contributed by atoms with E-state index < -0.39 is 0 Å². The standard InChI is InChI=1S/C63H37N5O2/c1-3-15-38(16-4-1)44-24-14-28-57-60(44)49-32-30-41(35-59(49)70-57)63-65-61(64-62(66-63)40-29-31-48-47-23-9-12-27-56(47)69-58(48)34-40)39-17-13-20-43(33-39)68-53-26-11-8-22-46(53)51-36-54-50(37-55(51)68)45-21-7-10-25-52(45)67(54)42-18-5-2-6-19-42/h1-37H. The normalized spacial score (nSPS) is 12.0. The van der Waals surface area contributed by atoms with Gasteiger partial charge in [-0.3, -0.25) is 0 Å². The average Bonchev–Trinajstić information content (AvgIpc) is 4.18. The van der Waals surface area contributed by atoms with Crippen molar-refractivity contribution < 1.29 is 8.83 Å². The van der Waals surface area contributed by atoms with Crippen LogP contribution >= 0.6 is 0 Å². The van der Waals surface area contributed by atoms with E-state index >= 15 is 0 Å². The van der Waals surface area contributed by atoms with Gasteiger partial charge in [0.15, 0.2) is 17.5 Å². The van der Waals surface area contributed by atoms with Crippen molar-refractivity contribution in [1.82, 2.24) is 24.1 Å². The van der Waals surface area contributed by atoms with Crippen molar-refractivity contribution in [3.63, 3.8) is 0 Å². The van der Waals surface area contributed by atoms with Crippen LogP contribution in [0, 0.1) is 0 Å². The number of fused-ring (bicyclic) bond motifs is 12. The second-order valence-electron chi connectivity index (χ2n) is 18.0. The molecule has 0 radical (unpaired) electrons. The van der Waals surface area contributed by atoms with Gasteiger partial charge in [0.2, 0.25) is 0 Å². The highest BCUT2D eigenvalue weighted by Gasteiger charge is 2.21. The third-order valence-electron chi connectivity index (χ3n) is 14.0. The summed E-state index contributed by atoms with van der Waals surface area (Å²) in [6.07, 6.45) is 0. The van der Waals surface area contributed by atoms with Crippen LogP contribution in [0.2, 0.25) is 0 Å². The summed E-state index contributed by atoms with van der Waals surface area (Å²) in [5.41, 5.74) is 14.7. The van der Waals surface area contributed by atoms with Crippen LogP contribution in [0.1, 0.15) is 0 Å². The van der Waals surface area contributed by atoms with Gasteiger partial charge < -0.3 is 18.0 Å². The summed E-state index contributed by atoms with van der Waals surface area (Å²) in [7, 11) is 0. The highest BCUT2D eigenvalue weighted by atomic mass is 16.3. The molecule has 7 heteroatoms. The second-order valence-corrected chi connectivity index (χ2v) is 18.0. The maximum absolute atomic E-state index is 6.60. The SMILES string of the molecule is c1ccc(-c2cccc3oc4cc(-c5nc(-c6cccc(-n7c8ccccc8c8cc9c(cc87)c7ccccc7n9-c7ccccc7)c6)nc(-c6ccc7c(c6)oc6ccccc67)n5)ccc4c23)cc1. The van der Waals surface area contributed by atoms with Crippen molar-refractivity contribution >= 4 is 87.5 Å². The summed E-state index contributed by atoms with van der Waals surface area (Å²) in [5.74, 6) is 1.63. The van der Waals surface area contributed by atoms with E-state index in [1.165, 1.54) is 32.6 Å². The van der Waals surface area contributed by atoms with Gasteiger partial charge in [0.1, 0.15) is 22.3 Å². The van der Waals surface area contributed by atoms with Gasteiger partial charge in [-0.15, -0.1) is 0 Å². The summed E-state index contributed by atoms with van der Waals surface area (Å²) in [6.45, 7) is 0. The molecule has 0 aliphatic rings. The predicted molar refractivity (Wildman–Crippen MR) is 285 cm³/mol. The summed E-state index contributed by atoms with van der Waals surface area (Å²) < 4.78 is 17.7. The van der Waals surface area contributed by atoms with Crippen LogP contribution in [0.15, 0.2) is 233 Å². The molecule has 0 unspecified atom stereocenters. The molecule has 70 heavy (non-hydrogen) atoms. The molecule has 0 fully saturated rings. The van der Waals surface area contributed by atoms with Gasteiger partial charge in [-0.25, -0.2) is 15.0 Å². The second kappa shape index (κ2) is 15.0. The lowest BCUT2D eigenvalue weighted by Crippen LogP contribution is -2.01. The van der Waals surface area contributed by atoms with Gasteiger partial charge >= 0.3 is 0 Å². The van der Waals surface area contributed by atoms with Crippen LogP contribution in [0.5, 0.6) is 0 Å². The van der Waals surface area contributed by atoms with Crippen molar-refractivity contribution in [3.05, 3.63) is 224 Å². The molecule has 0 bridgehead atoms. The van der Waals surface area contributed by atoms with Gasteiger partial charge in [0.25, 0.3) is 0 Å². The number of benzene rings is 10. The first kappa shape index (κ1) is 38.5. The quantitative estimate of drug-likeness (QED) is 0.166. The van der Waals surface area contributed by atoms with Crippen molar-refractivity contribution in [2.45, 2.75) is 0 Å². The van der Waals surface area contributed by atoms with Crippen molar-refractivity contribution in [1.29, 1.82) is 0 Å². The molecule has 326 valence electrons. The van der Waals surface area contributed by atoms with Crippen LogP contribution in [0.3, 0.4) is 0 Å². The van der Waals surface area contributed by atoms with Gasteiger partial charge in [0, 0.05) is 71.2 Å². The molecule has 0 saturated heterocycles. The Hall–Kier alpha value is -9.59. The molecule has 7 nitrogen and oxygen atoms in total. The minimum atomic E-state index is 0.537. The van der Waals surface area contributed by atoms with Gasteiger partial charge in [-0.05, 0) is 96.1 Å². The molecule has 0 aliphatic heterocycles. The maximum Gasteiger partial charge on any atom is 0.164 e. The Balaban J connectivity index is 0.924. The monoisotopic (exact) mass is 895 g/mol. The fraction of sp³-hybridized carbons (Fsp3) is 0. The van der Waals surface area contributed by atoms with Crippen LogP contribution in [-0.4, -0.2) is 24.1 Å². The fourth-order valence-electron chi connectivity index (χ4n) is 10.8. The molecule has 0 aliphatic carbocycles. The van der Waals surface area contributed by atoms with Crippen molar-refractivity contribution in [2.24, 2.45) is 0 Å². The number of hydrogen-bond acceptors (Lipinski definition) is 5. The first-order chi connectivity index (χ1) is 34.7. The van der Waals surface area contributed by atoms with E-state index in [1.54, 1.807) is 0 Å². The summed E-state index contributed by atoms with van der Waals surface area (Å²) in [6, 6.07) is 78.6. The first-order valence-electron chi connectivity index (χ1n) is 23.5. The number of para-hydroxylation sites is 4. The third kappa shape index (κ3) is 5.85. The van der Waals surface area contributed by atoms with Crippen molar-refractivity contribution in [3.8, 4) is 56.7 Å². The molecule has 0 saturated carbocycles. The molecule has 15 rings (SSSR count). The average molecular weight is 896 g/mol. The molecule has 10 aromatic carbocycles. The van der Waals surface area contributed by atoms with Crippen LogP contribution in [0.25, 0.3) is 144 Å². The highest BCUT2D eigenvalue weighted by Crippen LogP contribution is 2.42. The number of aromatic nitrogens is 5. The van der Waals surface area contributed by atoms with Gasteiger partial charge in [-0.1, -0.05) is 140 Å². The molecular weight excluding hydrogens is 859 g/mol. The molecule has 15 aromatic rings. The smallest absolute Gasteiger partial charge is 0.164 e. The maximum atomic E-state index is 6.60. The van der Waals surface area contributed by atoms with E-state index in [9.17, 15) is 0 Å². The van der Waals surface area contributed by atoms with E-state index in [-0.39, 0.29) is 0 Å². The highest BCUT2D eigenvalue weighted by molar-refractivity contribution is 6.19. The van der Waals surface area contributed by atoms with E-state index in [0.29, 0.717) is 17.5 Å². The zero-order chi connectivity index (χ0) is 45.9. The third-order valence-corrected chi connectivity index (χ3v) is 14.0. The van der Waals surface area contributed by atoms with Crippen LogP contribution in [0.4, 0.5) is 0 Å². The van der Waals surface area contributed by atoms with Gasteiger partial charge in [-0.2, -0.15) is 0 Å². The minimum Gasteiger partial charge on any atom is -0.456 e. The summed E-state index contributed by atoms with van der Waals surface area (Å²) >= 11 is 0. The predicted octanol–water partition coefficient (Wildman–Crippen LogP) is 16.5. The topological polar surface area (TPSA) is 74.8 Å².